The number of benzene rings is 1. The van der Waals surface area contributed by atoms with Crippen molar-refractivity contribution in [1.82, 2.24) is 10.6 Å². The predicted octanol–water partition coefficient (Wildman–Crippen LogP) is 3.36. The molecule has 2 rings (SSSR count). The third kappa shape index (κ3) is 5.41. The summed E-state index contributed by atoms with van der Waals surface area (Å²) in [6.07, 6.45) is 7.79. The van der Waals surface area contributed by atoms with Gasteiger partial charge < -0.3 is 10.6 Å². The van der Waals surface area contributed by atoms with Gasteiger partial charge in [-0.15, -0.1) is 0 Å². The molecule has 1 aromatic rings. The molecule has 22 heavy (non-hydrogen) atoms. The molecule has 2 N–H and O–H groups in total. The summed E-state index contributed by atoms with van der Waals surface area (Å²) >= 11 is 0. The van der Waals surface area contributed by atoms with Crippen molar-refractivity contribution < 1.29 is 9.18 Å². The lowest BCUT2D eigenvalue weighted by molar-refractivity contribution is -0.122. The van der Waals surface area contributed by atoms with Gasteiger partial charge in [0.25, 0.3) is 0 Å². The lowest BCUT2D eigenvalue weighted by atomic mass is 10.0. The number of amides is 1. The highest BCUT2D eigenvalue weighted by Crippen LogP contribution is 2.17. The summed E-state index contributed by atoms with van der Waals surface area (Å²) in [7, 11) is 0. The molecule has 1 fully saturated rings. The molecule has 1 aromatic carbocycles. The number of carbonyl (C=O) groups excluding carboxylic acids is 1. The Morgan fingerprint density at radius 3 is 2.64 bits per heavy atom. The van der Waals surface area contributed by atoms with Crippen LogP contribution in [-0.4, -0.2) is 25.0 Å². The van der Waals surface area contributed by atoms with Gasteiger partial charge in [0.1, 0.15) is 5.82 Å². The van der Waals surface area contributed by atoms with Gasteiger partial charge in [-0.1, -0.05) is 37.8 Å². The Balaban J connectivity index is 1.68. The van der Waals surface area contributed by atoms with Crippen molar-refractivity contribution in [2.75, 3.05) is 13.1 Å². The van der Waals surface area contributed by atoms with Gasteiger partial charge in [0, 0.05) is 19.1 Å². The SMILES string of the molecule is CC(C(=O)NCCNC1CCCCCC1)c1cccc(F)c1. The highest BCUT2D eigenvalue weighted by Gasteiger charge is 2.15. The first-order valence-corrected chi connectivity index (χ1v) is 8.43. The fourth-order valence-corrected chi connectivity index (χ4v) is 3.03. The van der Waals surface area contributed by atoms with Crippen LogP contribution in [0, 0.1) is 5.82 Å². The summed E-state index contributed by atoms with van der Waals surface area (Å²) in [4.78, 5) is 12.1. The number of halogens is 1. The average molecular weight is 306 g/mol. The van der Waals surface area contributed by atoms with Gasteiger partial charge in [0.2, 0.25) is 5.91 Å². The Bertz CT molecular complexity index is 470. The van der Waals surface area contributed by atoms with E-state index < -0.39 is 0 Å². The zero-order valence-corrected chi connectivity index (χ0v) is 13.4. The first-order chi connectivity index (χ1) is 10.7. The van der Waals surface area contributed by atoms with Crippen molar-refractivity contribution in [1.29, 1.82) is 0 Å². The fourth-order valence-electron chi connectivity index (χ4n) is 3.03. The van der Waals surface area contributed by atoms with Gasteiger partial charge in [-0.3, -0.25) is 4.79 Å². The topological polar surface area (TPSA) is 41.1 Å². The molecule has 1 amide bonds. The van der Waals surface area contributed by atoms with Crippen LogP contribution in [0.15, 0.2) is 24.3 Å². The van der Waals surface area contributed by atoms with E-state index in [9.17, 15) is 9.18 Å². The fraction of sp³-hybridized carbons (Fsp3) is 0.611. The Morgan fingerprint density at radius 1 is 1.23 bits per heavy atom. The second-order valence-electron chi connectivity index (χ2n) is 6.21. The van der Waals surface area contributed by atoms with Crippen molar-refractivity contribution in [2.45, 2.75) is 57.4 Å². The van der Waals surface area contributed by atoms with Gasteiger partial charge in [-0.25, -0.2) is 4.39 Å². The molecule has 122 valence electrons. The van der Waals surface area contributed by atoms with E-state index in [-0.39, 0.29) is 17.6 Å². The van der Waals surface area contributed by atoms with Crippen LogP contribution < -0.4 is 10.6 Å². The van der Waals surface area contributed by atoms with Crippen molar-refractivity contribution in [2.24, 2.45) is 0 Å². The van der Waals surface area contributed by atoms with E-state index in [1.165, 1.54) is 50.7 Å². The summed E-state index contributed by atoms with van der Waals surface area (Å²) < 4.78 is 13.2. The molecule has 1 atom stereocenters. The molecule has 1 saturated carbocycles. The molecule has 0 spiro atoms. The molecule has 3 nitrogen and oxygen atoms in total. The van der Waals surface area contributed by atoms with Gasteiger partial charge in [-0.05, 0) is 37.5 Å². The smallest absolute Gasteiger partial charge is 0.227 e. The standard InChI is InChI=1S/C18H27FN2O/c1-14(15-7-6-8-16(19)13-15)18(22)21-12-11-20-17-9-4-2-3-5-10-17/h6-8,13-14,17,20H,2-5,9-12H2,1H3,(H,21,22). The Labute approximate surface area is 132 Å². The Kier molecular flexibility index (Phi) is 6.84. The monoisotopic (exact) mass is 306 g/mol. The average Bonchev–Trinajstić information content (AvgIpc) is 2.79. The van der Waals surface area contributed by atoms with Crippen LogP contribution in [0.25, 0.3) is 0 Å². The maximum atomic E-state index is 13.2. The highest BCUT2D eigenvalue weighted by atomic mass is 19.1. The lowest BCUT2D eigenvalue weighted by Crippen LogP contribution is -2.38. The van der Waals surface area contributed by atoms with E-state index in [1.54, 1.807) is 12.1 Å². The summed E-state index contributed by atoms with van der Waals surface area (Å²) in [6, 6.07) is 6.85. The molecular formula is C18H27FN2O. The minimum Gasteiger partial charge on any atom is -0.354 e. The summed E-state index contributed by atoms with van der Waals surface area (Å²) in [5, 5.41) is 6.46. The van der Waals surface area contributed by atoms with Crippen LogP contribution in [0.5, 0.6) is 0 Å². The Hall–Kier alpha value is -1.42. The van der Waals surface area contributed by atoms with Gasteiger partial charge in [0.05, 0.1) is 5.92 Å². The zero-order valence-electron chi connectivity index (χ0n) is 13.4. The summed E-state index contributed by atoms with van der Waals surface area (Å²) in [5.74, 6) is -0.672. The summed E-state index contributed by atoms with van der Waals surface area (Å²) in [5.41, 5.74) is 0.717. The van der Waals surface area contributed by atoms with Crippen LogP contribution in [-0.2, 0) is 4.79 Å². The lowest BCUT2D eigenvalue weighted by Gasteiger charge is -2.17. The molecule has 0 aliphatic heterocycles. The molecule has 1 aliphatic carbocycles. The van der Waals surface area contributed by atoms with Crippen LogP contribution in [0.4, 0.5) is 4.39 Å². The summed E-state index contributed by atoms with van der Waals surface area (Å²) in [6.45, 7) is 3.23. The molecule has 0 heterocycles. The maximum absolute atomic E-state index is 13.2. The molecular weight excluding hydrogens is 279 g/mol. The van der Waals surface area contributed by atoms with Crippen LogP contribution in [0.2, 0.25) is 0 Å². The number of carbonyl (C=O) groups is 1. The number of hydrogen-bond acceptors (Lipinski definition) is 2. The van der Waals surface area contributed by atoms with Crippen LogP contribution in [0.3, 0.4) is 0 Å². The van der Waals surface area contributed by atoms with Crippen molar-refractivity contribution in [3.8, 4) is 0 Å². The molecule has 4 heteroatoms. The minimum absolute atomic E-state index is 0.0479. The highest BCUT2D eigenvalue weighted by molar-refractivity contribution is 5.83. The number of hydrogen-bond donors (Lipinski definition) is 2. The maximum Gasteiger partial charge on any atom is 0.227 e. The van der Waals surface area contributed by atoms with E-state index in [4.69, 9.17) is 0 Å². The largest absolute Gasteiger partial charge is 0.354 e. The van der Waals surface area contributed by atoms with Gasteiger partial charge >= 0.3 is 0 Å². The number of nitrogens with one attached hydrogen (secondary N) is 2. The molecule has 0 radical (unpaired) electrons. The van der Waals surface area contributed by atoms with Gasteiger partial charge in [0.15, 0.2) is 0 Å². The Morgan fingerprint density at radius 2 is 1.95 bits per heavy atom. The first kappa shape index (κ1) is 16.9. The van der Waals surface area contributed by atoms with Gasteiger partial charge in [-0.2, -0.15) is 0 Å². The van der Waals surface area contributed by atoms with Crippen LogP contribution in [0.1, 0.15) is 56.9 Å². The van der Waals surface area contributed by atoms with Crippen molar-refractivity contribution in [3.05, 3.63) is 35.6 Å². The van der Waals surface area contributed by atoms with Crippen molar-refractivity contribution >= 4 is 5.91 Å². The molecule has 1 aliphatic rings. The minimum atomic E-state index is -0.325. The molecule has 1 unspecified atom stereocenters. The van der Waals surface area contributed by atoms with E-state index >= 15 is 0 Å². The quantitative estimate of drug-likeness (QED) is 0.625. The van der Waals surface area contributed by atoms with E-state index in [0.29, 0.717) is 18.2 Å². The normalized spacial score (nSPS) is 17.7. The molecule has 0 bridgehead atoms. The third-order valence-electron chi connectivity index (χ3n) is 4.45. The third-order valence-corrected chi connectivity index (χ3v) is 4.45. The first-order valence-electron chi connectivity index (χ1n) is 8.43. The van der Waals surface area contributed by atoms with E-state index in [2.05, 4.69) is 10.6 Å². The van der Waals surface area contributed by atoms with Crippen molar-refractivity contribution in [3.63, 3.8) is 0 Å². The van der Waals surface area contributed by atoms with Crippen LogP contribution >= 0.6 is 0 Å². The van der Waals surface area contributed by atoms with E-state index in [1.807, 2.05) is 6.92 Å². The molecule has 0 aromatic heterocycles. The predicted molar refractivity (Wildman–Crippen MR) is 87.3 cm³/mol. The van der Waals surface area contributed by atoms with E-state index in [0.717, 1.165) is 6.54 Å². The number of rotatable bonds is 6. The second kappa shape index (κ2) is 8.89. The zero-order chi connectivity index (χ0) is 15.8. The second-order valence-corrected chi connectivity index (χ2v) is 6.21. The molecule has 0 saturated heterocycles.